The van der Waals surface area contributed by atoms with E-state index in [2.05, 4.69) is 11.4 Å². The summed E-state index contributed by atoms with van der Waals surface area (Å²) in [5.41, 5.74) is 3.20. The van der Waals surface area contributed by atoms with Gasteiger partial charge in [0, 0.05) is 41.6 Å². The number of likely N-dealkylation sites (tertiary alicyclic amines) is 1. The first kappa shape index (κ1) is 27.7. The molecule has 3 atom stereocenters. The second kappa shape index (κ2) is 10.6. The third-order valence-corrected chi connectivity index (χ3v) is 6.94. The molecule has 3 N–H and O–H groups in total. The minimum Gasteiger partial charge on any atom is -0.370 e. The normalized spacial score (nSPS) is 21.8. The quantitative estimate of drug-likeness (QED) is 0.493. The van der Waals surface area contributed by atoms with Gasteiger partial charge in [-0.15, -0.1) is 0 Å². The molecule has 3 rings (SSSR count). The van der Waals surface area contributed by atoms with Gasteiger partial charge in [0.1, 0.15) is 17.0 Å². The largest absolute Gasteiger partial charge is 0.370 e. The second-order valence-corrected chi connectivity index (χ2v) is 11.1. The molecule has 1 aliphatic rings. The standard InChI is InChI=1S/C26H28Cl2F2N4O2/c1-25(2,3)12-15-13-34(24(36)33-10-9-21(32)35)23(17-5-4-6-19(28)22(17)30)26(15,14-31)18-8-7-16(27)11-20(18)29/h4-8,11,15,23H,9-10,12-13H2,1-3H3,(H2,32,35)(H,33,36)/t15-,23-,26?/m1/s1. The zero-order valence-electron chi connectivity index (χ0n) is 20.2. The topological polar surface area (TPSA) is 99.2 Å². The van der Waals surface area contributed by atoms with Crippen molar-refractivity contribution in [3.63, 3.8) is 0 Å². The maximum absolute atomic E-state index is 15.5. The van der Waals surface area contributed by atoms with Gasteiger partial charge in [-0.25, -0.2) is 13.6 Å². The van der Waals surface area contributed by atoms with Crippen molar-refractivity contribution in [1.82, 2.24) is 10.2 Å². The zero-order valence-corrected chi connectivity index (χ0v) is 21.8. The number of hydrogen-bond acceptors (Lipinski definition) is 3. The highest BCUT2D eigenvalue weighted by Crippen LogP contribution is 2.56. The van der Waals surface area contributed by atoms with E-state index in [0.29, 0.717) is 6.42 Å². The summed E-state index contributed by atoms with van der Waals surface area (Å²) < 4.78 is 31.0. The summed E-state index contributed by atoms with van der Waals surface area (Å²) in [6, 6.07) is 8.73. The summed E-state index contributed by atoms with van der Waals surface area (Å²) in [4.78, 5) is 25.9. The molecule has 0 bridgehead atoms. The highest BCUT2D eigenvalue weighted by atomic mass is 35.5. The molecule has 0 saturated carbocycles. The maximum Gasteiger partial charge on any atom is 0.318 e. The Bertz CT molecular complexity index is 1210. The molecule has 0 radical (unpaired) electrons. The monoisotopic (exact) mass is 536 g/mol. The number of benzene rings is 2. The molecule has 3 amide bonds. The van der Waals surface area contributed by atoms with Gasteiger partial charge in [-0.1, -0.05) is 62.2 Å². The lowest BCUT2D eigenvalue weighted by Crippen LogP contribution is -2.44. The van der Waals surface area contributed by atoms with Crippen LogP contribution in [0, 0.1) is 34.3 Å². The fourth-order valence-corrected chi connectivity index (χ4v) is 5.41. The fraction of sp³-hybridized carbons (Fsp3) is 0.423. The van der Waals surface area contributed by atoms with Crippen molar-refractivity contribution >= 4 is 35.1 Å². The number of primary amides is 1. The summed E-state index contributed by atoms with van der Waals surface area (Å²) in [5, 5.41) is 13.3. The van der Waals surface area contributed by atoms with Crippen LogP contribution in [-0.2, 0) is 10.2 Å². The highest BCUT2D eigenvalue weighted by Gasteiger charge is 2.60. The number of rotatable bonds is 6. The lowest BCUT2D eigenvalue weighted by molar-refractivity contribution is -0.117. The lowest BCUT2D eigenvalue weighted by Gasteiger charge is -2.38. The number of hydrogen-bond donors (Lipinski definition) is 2. The van der Waals surface area contributed by atoms with E-state index in [4.69, 9.17) is 28.9 Å². The number of nitrogens with two attached hydrogens (primary N) is 1. The van der Waals surface area contributed by atoms with Crippen molar-refractivity contribution < 1.29 is 18.4 Å². The maximum atomic E-state index is 15.5. The Hall–Kier alpha value is -2.89. The summed E-state index contributed by atoms with van der Waals surface area (Å²) in [6.45, 7) is 5.90. The van der Waals surface area contributed by atoms with Crippen LogP contribution in [0.2, 0.25) is 10.0 Å². The van der Waals surface area contributed by atoms with Gasteiger partial charge in [-0.3, -0.25) is 4.79 Å². The van der Waals surface area contributed by atoms with Crippen LogP contribution in [-0.4, -0.2) is 29.9 Å². The molecule has 1 aliphatic heterocycles. The number of carbonyl (C=O) groups excluding carboxylic acids is 2. The van der Waals surface area contributed by atoms with Gasteiger partial charge in [0.05, 0.1) is 17.1 Å². The molecule has 0 aliphatic carbocycles. The number of carbonyl (C=O) groups is 2. The van der Waals surface area contributed by atoms with Crippen molar-refractivity contribution in [2.45, 2.75) is 45.1 Å². The predicted octanol–water partition coefficient (Wildman–Crippen LogP) is 5.73. The molecule has 1 unspecified atom stereocenters. The minimum absolute atomic E-state index is 0.0140. The van der Waals surface area contributed by atoms with Crippen LogP contribution in [0.4, 0.5) is 13.6 Å². The van der Waals surface area contributed by atoms with Gasteiger partial charge in [0.15, 0.2) is 0 Å². The van der Waals surface area contributed by atoms with Gasteiger partial charge in [0.2, 0.25) is 5.91 Å². The van der Waals surface area contributed by atoms with E-state index in [9.17, 15) is 14.9 Å². The van der Waals surface area contributed by atoms with Gasteiger partial charge < -0.3 is 16.0 Å². The Labute approximate surface area is 219 Å². The predicted molar refractivity (Wildman–Crippen MR) is 134 cm³/mol. The Balaban J connectivity index is 2.28. The van der Waals surface area contributed by atoms with E-state index >= 15 is 8.78 Å². The molecular weight excluding hydrogens is 509 g/mol. The van der Waals surface area contributed by atoms with Crippen LogP contribution < -0.4 is 11.1 Å². The molecule has 2 aromatic rings. The first-order valence-corrected chi connectivity index (χ1v) is 12.2. The highest BCUT2D eigenvalue weighted by molar-refractivity contribution is 6.31. The van der Waals surface area contributed by atoms with E-state index in [-0.39, 0.29) is 46.1 Å². The summed E-state index contributed by atoms with van der Waals surface area (Å²) in [7, 11) is 0. The Morgan fingerprint density at radius 3 is 2.53 bits per heavy atom. The van der Waals surface area contributed by atoms with Crippen molar-refractivity contribution in [2.75, 3.05) is 13.1 Å². The molecule has 0 aromatic heterocycles. The van der Waals surface area contributed by atoms with Crippen LogP contribution in [0.5, 0.6) is 0 Å². The molecule has 192 valence electrons. The molecule has 2 aromatic carbocycles. The van der Waals surface area contributed by atoms with Crippen molar-refractivity contribution in [1.29, 1.82) is 5.26 Å². The van der Waals surface area contributed by atoms with Crippen LogP contribution in [0.15, 0.2) is 36.4 Å². The first-order chi connectivity index (χ1) is 16.8. The summed E-state index contributed by atoms with van der Waals surface area (Å²) in [5.74, 6) is -2.71. The van der Waals surface area contributed by atoms with Crippen LogP contribution in [0.25, 0.3) is 0 Å². The van der Waals surface area contributed by atoms with E-state index in [0.717, 1.165) is 6.07 Å². The second-order valence-electron chi connectivity index (χ2n) is 10.2. The molecule has 1 fully saturated rings. The Kier molecular flexibility index (Phi) is 8.17. The number of halogens is 4. The smallest absolute Gasteiger partial charge is 0.318 e. The molecule has 36 heavy (non-hydrogen) atoms. The van der Waals surface area contributed by atoms with Crippen LogP contribution in [0.1, 0.15) is 50.8 Å². The SMILES string of the molecule is CC(C)(C)C[C@@H]1CN(C(=O)NCCC(N)=O)[C@H](c2cccc(Cl)c2F)C1(C#N)c1ccc(Cl)cc1F. The third-order valence-electron chi connectivity index (χ3n) is 6.41. The minimum atomic E-state index is -1.67. The number of amides is 3. The zero-order chi connectivity index (χ0) is 26.8. The van der Waals surface area contributed by atoms with Gasteiger partial charge in [0.25, 0.3) is 0 Å². The number of nitrogens with one attached hydrogen (secondary N) is 1. The third kappa shape index (κ3) is 5.42. The fourth-order valence-electron chi connectivity index (χ4n) is 5.06. The van der Waals surface area contributed by atoms with E-state index < -0.39 is 40.9 Å². The number of nitriles is 1. The van der Waals surface area contributed by atoms with Crippen LogP contribution in [0.3, 0.4) is 0 Å². The Morgan fingerprint density at radius 1 is 1.25 bits per heavy atom. The molecule has 0 spiro atoms. The molecule has 1 saturated heterocycles. The van der Waals surface area contributed by atoms with Crippen molar-refractivity contribution in [3.8, 4) is 6.07 Å². The average molecular weight is 537 g/mol. The van der Waals surface area contributed by atoms with Gasteiger partial charge in [-0.05, 0) is 30.0 Å². The van der Waals surface area contributed by atoms with E-state index in [1.54, 1.807) is 0 Å². The van der Waals surface area contributed by atoms with E-state index in [1.165, 1.54) is 35.2 Å². The first-order valence-electron chi connectivity index (χ1n) is 11.4. The van der Waals surface area contributed by atoms with Crippen molar-refractivity contribution in [3.05, 3.63) is 69.2 Å². The van der Waals surface area contributed by atoms with Crippen molar-refractivity contribution in [2.24, 2.45) is 17.1 Å². The average Bonchev–Trinajstić information content (AvgIpc) is 3.08. The van der Waals surface area contributed by atoms with E-state index in [1.807, 2.05) is 20.8 Å². The van der Waals surface area contributed by atoms with Gasteiger partial charge in [-0.2, -0.15) is 5.26 Å². The number of nitrogens with zero attached hydrogens (tertiary/aromatic N) is 2. The molecular formula is C26H28Cl2F2N4O2. The Morgan fingerprint density at radius 2 is 1.94 bits per heavy atom. The number of urea groups is 1. The summed E-state index contributed by atoms with van der Waals surface area (Å²) >= 11 is 12.1. The molecule has 6 nitrogen and oxygen atoms in total. The van der Waals surface area contributed by atoms with Crippen LogP contribution >= 0.6 is 23.2 Å². The molecule has 1 heterocycles. The lowest BCUT2D eigenvalue weighted by atomic mass is 9.63. The van der Waals surface area contributed by atoms with Gasteiger partial charge >= 0.3 is 6.03 Å². The molecule has 10 heteroatoms. The summed E-state index contributed by atoms with van der Waals surface area (Å²) in [6.07, 6.45) is 0.322.